The molecule has 1 fully saturated rings. The topological polar surface area (TPSA) is 86.8 Å². The Balaban J connectivity index is 2.07. The third-order valence-electron chi connectivity index (χ3n) is 2.90. The van der Waals surface area contributed by atoms with Gasteiger partial charge in [-0.05, 0) is 19.1 Å². The smallest absolute Gasteiger partial charge is 0.322 e. The molecule has 1 aromatic rings. The molecule has 110 valence electrons. The second kappa shape index (κ2) is 5.70. The SMILES string of the molecule is CCN1C(=O)C(=O)N(CC(=O)Nc2ccccc2F)C1=O. The minimum Gasteiger partial charge on any atom is -0.322 e. The van der Waals surface area contributed by atoms with E-state index in [1.54, 1.807) is 0 Å². The minimum atomic E-state index is -1.06. The van der Waals surface area contributed by atoms with Gasteiger partial charge in [-0.2, -0.15) is 0 Å². The Morgan fingerprint density at radius 1 is 1.14 bits per heavy atom. The van der Waals surface area contributed by atoms with Gasteiger partial charge in [0.15, 0.2) is 0 Å². The van der Waals surface area contributed by atoms with Gasteiger partial charge >= 0.3 is 17.8 Å². The number of likely N-dealkylation sites (N-methyl/N-ethyl adjacent to an activating group) is 1. The quantitative estimate of drug-likeness (QED) is 0.649. The van der Waals surface area contributed by atoms with Crippen LogP contribution < -0.4 is 5.32 Å². The molecule has 8 heteroatoms. The lowest BCUT2D eigenvalue weighted by atomic mass is 10.3. The first-order valence-corrected chi connectivity index (χ1v) is 6.17. The fraction of sp³-hybridized carbons (Fsp3) is 0.231. The highest BCUT2D eigenvalue weighted by molar-refractivity contribution is 6.45. The summed E-state index contributed by atoms with van der Waals surface area (Å²) < 4.78 is 13.4. The van der Waals surface area contributed by atoms with Crippen LogP contribution in [0.2, 0.25) is 0 Å². The third-order valence-corrected chi connectivity index (χ3v) is 2.90. The Morgan fingerprint density at radius 2 is 1.76 bits per heavy atom. The molecular weight excluding hydrogens is 281 g/mol. The summed E-state index contributed by atoms with van der Waals surface area (Å²) in [5, 5.41) is 2.24. The first-order valence-electron chi connectivity index (χ1n) is 6.17. The average Bonchev–Trinajstić information content (AvgIpc) is 2.65. The van der Waals surface area contributed by atoms with Crippen molar-refractivity contribution in [2.24, 2.45) is 0 Å². The van der Waals surface area contributed by atoms with Crippen LogP contribution in [-0.2, 0) is 14.4 Å². The Bertz CT molecular complexity index is 632. The zero-order chi connectivity index (χ0) is 15.6. The van der Waals surface area contributed by atoms with E-state index in [0.29, 0.717) is 4.90 Å². The molecule has 1 N–H and O–H groups in total. The van der Waals surface area contributed by atoms with E-state index in [0.717, 1.165) is 11.0 Å². The molecule has 0 radical (unpaired) electrons. The summed E-state index contributed by atoms with van der Waals surface area (Å²) in [6.45, 7) is 0.926. The molecule has 0 atom stereocenters. The minimum absolute atomic E-state index is 0.0365. The molecule has 0 bridgehead atoms. The molecule has 0 saturated carbocycles. The lowest BCUT2D eigenvalue weighted by Crippen LogP contribution is -2.39. The number of rotatable bonds is 4. The van der Waals surface area contributed by atoms with Gasteiger partial charge < -0.3 is 5.32 Å². The van der Waals surface area contributed by atoms with Gasteiger partial charge in [0.2, 0.25) is 5.91 Å². The molecule has 0 unspecified atom stereocenters. The van der Waals surface area contributed by atoms with Crippen molar-refractivity contribution < 1.29 is 23.6 Å². The maximum atomic E-state index is 13.4. The van der Waals surface area contributed by atoms with Crippen LogP contribution in [0.15, 0.2) is 24.3 Å². The number of carbonyl (C=O) groups excluding carboxylic acids is 4. The van der Waals surface area contributed by atoms with Gasteiger partial charge in [-0.3, -0.25) is 19.3 Å². The molecule has 1 heterocycles. The number of carbonyl (C=O) groups is 4. The average molecular weight is 293 g/mol. The van der Waals surface area contributed by atoms with Crippen LogP contribution in [0, 0.1) is 5.82 Å². The van der Waals surface area contributed by atoms with Crippen molar-refractivity contribution in [3.8, 4) is 0 Å². The predicted octanol–water partition coefficient (Wildman–Crippen LogP) is 0.575. The second-order valence-corrected chi connectivity index (χ2v) is 4.25. The van der Waals surface area contributed by atoms with Gasteiger partial charge in [-0.1, -0.05) is 12.1 Å². The molecular formula is C13H12FN3O4. The first-order chi connectivity index (χ1) is 9.95. The zero-order valence-electron chi connectivity index (χ0n) is 11.1. The van der Waals surface area contributed by atoms with Crippen molar-refractivity contribution in [2.45, 2.75) is 6.92 Å². The van der Waals surface area contributed by atoms with Crippen LogP contribution in [0.5, 0.6) is 0 Å². The largest absolute Gasteiger partial charge is 0.334 e. The van der Waals surface area contributed by atoms with Crippen LogP contribution >= 0.6 is 0 Å². The summed E-state index contributed by atoms with van der Waals surface area (Å²) in [6.07, 6.45) is 0. The Kier molecular flexibility index (Phi) is 3.97. The van der Waals surface area contributed by atoms with Crippen molar-refractivity contribution >= 4 is 29.4 Å². The standard InChI is InChI=1S/C13H12FN3O4/c1-2-16-11(19)12(20)17(13(16)21)7-10(18)15-9-6-4-3-5-8(9)14/h3-6H,2,7H2,1H3,(H,15,18). The molecule has 21 heavy (non-hydrogen) atoms. The number of imide groups is 2. The summed E-state index contributed by atoms with van der Waals surface area (Å²) in [5.74, 6) is -3.45. The van der Waals surface area contributed by atoms with E-state index in [9.17, 15) is 23.6 Å². The lowest BCUT2D eigenvalue weighted by Gasteiger charge is -2.14. The molecule has 1 saturated heterocycles. The van der Waals surface area contributed by atoms with Crippen LogP contribution in [0.25, 0.3) is 0 Å². The predicted molar refractivity (Wildman–Crippen MR) is 69.5 cm³/mol. The maximum absolute atomic E-state index is 13.4. The van der Waals surface area contributed by atoms with Gasteiger partial charge in [-0.15, -0.1) is 0 Å². The van der Waals surface area contributed by atoms with Crippen molar-refractivity contribution in [1.29, 1.82) is 0 Å². The molecule has 0 aromatic heterocycles. The first kappa shape index (κ1) is 14.6. The number of hydrogen-bond donors (Lipinski definition) is 1. The summed E-state index contributed by atoms with van der Waals surface area (Å²) in [4.78, 5) is 47.9. The number of urea groups is 1. The van der Waals surface area contributed by atoms with Crippen LogP contribution in [0.1, 0.15) is 6.92 Å². The summed E-state index contributed by atoms with van der Waals surface area (Å²) in [7, 11) is 0. The van der Waals surface area contributed by atoms with Gasteiger partial charge in [-0.25, -0.2) is 14.1 Å². The second-order valence-electron chi connectivity index (χ2n) is 4.25. The Morgan fingerprint density at radius 3 is 2.33 bits per heavy atom. The van der Waals surface area contributed by atoms with Crippen LogP contribution in [0.4, 0.5) is 14.9 Å². The van der Waals surface area contributed by atoms with Gasteiger partial charge in [0, 0.05) is 6.54 Å². The fourth-order valence-electron chi connectivity index (χ4n) is 1.86. The van der Waals surface area contributed by atoms with Gasteiger partial charge in [0.25, 0.3) is 0 Å². The highest BCUT2D eigenvalue weighted by Crippen LogP contribution is 2.14. The van der Waals surface area contributed by atoms with Crippen molar-refractivity contribution in [1.82, 2.24) is 9.80 Å². The van der Waals surface area contributed by atoms with E-state index in [4.69, 9.17) is 0 Å². The van der Waals surface area contributed by atoms with E-state index in [1.165, 1.54) is 25.1 Å². The highest BCUT2D eigenvalue weighted by atomic mass is 19.1. The zero-order valence-corrected chi connectivity index (χ0v) is 11.1. The van der Waals surface area contributed by atoms with E-state index in [2.05, 4.69) is 5.32 Å². The lowest BCUT2D eigenvalue weighted by molar-refractivity contribution is -0.143. The normalized spacial score (nSPS) is 14.9. The Labute approximate surface area is 119 Å². The number of benzene rings is 1. The maximum Gasteiger partial charge on any atom is 0.334 e. The van der Waals surface area contributed by atoms with Crippen molar-refractivity contribution in [3.05, 3.63) is 30.1 Å². The molecule has 7 nitrogen and oxygen atoms in total. The molecule has 1 aliphatic rings. The number of anilines is 1. The third kappa shape index (κ3) is 2.73. The van der Waals surface area contributed by atoms with E-state index in [1.807, 2.05) is 0 Å². The van der Waals surface area contributed by atoms with Gasteiger partial charge in [0.05, 0.1) is 5.69 Å². The van der Waals surface area contributed by atoms with E-state index in [-0.39, 0.29) is 12.2 Å². The molecule has 1 aromatic carbocycles. The van der Waals surface area contributed by atoms with Crippen LogP contribution in [-0.4, -0.2) is 46.6 Å². The fourth-order valence-corrected chi connectivity index (χ4v) is 1.86. The summed E-state index contributed by atoms with van der Waals surface area (Å²) in [5.41, 5.74) is -0.0692. The number of para-hydroxylation sites is 1. The molecule has 1 aliphatic heterocycles. The molecule has 0 spiro atoms. The van der Waals surface area contributed by atoms with E-state index < -0.39 is 36.1 Å². The van der Waals surface area contributed by atoms with Crippen molar-refractivity contribution in [3.63, 3.8) is 0 Å². The number of hydrogen-bond acceptors (Lipinski definition) is 4. The van der Waals surface area contributed by atoms with Crippen LogP contribution in [0.3, 0.4) is 0 Å². The number of nitrogens with zero attached hydrogens (tertiary/aromatic N) is 2. The molecule has 5 amide bonds. The number of amides is 5. The van der Waals surface area contributed by atoms with E-state index >= 15 is 0 Å². The molecule has 0 aliphatic carbocycles. The summed E-state index contributed by atoms with van der Waals surface area (Å²) in [6, 6.07) is 4.62. The molecule has 2 rings (SSSR count). The van der Waals surface area contributed by atoms with Crippen molar-refractivity contribution in [2.75, 3.05) is 18.4 Å². The van der Waals surface area contributed by atoms with Gasteiger partial charge in [0.1, 0.15) is 12.4 Å². The monoisotopic (exact) mass is 293 g/mol. The Hall–Kier alpha value is -2.77. The number of halogens is 1. The number of nitrogens with one attached hydrogen (secondary N) is 1. The summed E-state index contributed by atoms with van der Waals surface area (Å²) >= 11 is 0. The highest BCUT2D eigenvalue weighted by Gasteiger charge is 2.44.